The van der Waals surface area contributed by atoms with Gasteiger partial charge in [-0.2, -0.15) is 0 Å². The Morgan fingerprint density at radius 2 is 1.81 bits per heavy atom. The fourth-order valence-corrected chi connectivity index (χ4v) is 3.73. The number of ketones is 1. The molecule has 2 aliphatic rings. The number of carbonyl (C=O) groups is 1. The standard InChI is InChI=1S/C24H22O2/c1-26-21-12-9-17(10-13-21)5-4-6-18-11-14-23-20(15-18)16-19-7-2-3-8-22(19)24(23)25/h2-3,6-14H,4-5,15-16H2,1H3. The van der Waals surface area contributed by atoms with Crippen molar-refractivity contribution in [1.29, 1.82) is 0 Å². The lowest BCUT2D eigenvalue weighted by Gasteiger charge is -2.23. The monoisotopic (exact) mass is 342 g/mol. The Bertz CT molecular complexity index is 927. The number of allylic oxidation sites excluding steroid dienone is 6. The quantitative estimate of drug-likeness (QED) is 0.758. The summed E-state index contributed by atoms with van der Waals surface area (Å²) in [5.41, 5.74) is 6.79. The van der Waals surface area contributed by atoms with Gasteiger partial charge in [-0.05, 0) is 54.5 Å². The third-order valence-corrected chi connectivity index (χ3v) is 5.17. The molecule has 2 aromatic rings. The Hall–Kier alpha value is -2.87. The third-order valence-electron chi connectivity index (χ3n) is 5.17. The van der Waals surface area contributed by atoms with Gasteiger partial charge in [-0.25, -0.2) is 0 Å². The van der Waals surface area contributed by atoms with E-state index in [0.717, 1.165) is 48.1 Å². The number of benzene rings is 2. The summed E-state index contributed by atoms with van der Waals surface area (Å²) in [6, 6.07) is 16.2. The summed E-state index contributed by atoms with van der Waals surface area (Å²) in [6.07, 6.45) is 10.2. The predicted octanol–water partition coefficient (Wildman–Crippen LogP) is 5.25. The van der Waals surface area contributed by atoms with Crippen LogP contribution in [-0.2, 0) is 12.8 Å². The van der Waals surface area contributed by atoms with Crippen LogP contribution in [0.3, 0.4) is 0 Å². The van der Waals surface area contributed by atoms with Gasteiger partial charge in [0, 0.05) is 11.1 Å². The fraction of sp³-hybridized carbons (Fsp3) is 0.208. The first-order chi connectivity index (χ1) is 12.7. The lowest BCUT2D eigenvalue weighted by molar-refractivity contribution is 0.103. The van der Waals surface area contributed by atoms with Crippen LogP contribution in [0.1, 0.15) is 34.3 Å². The zero-order valence-electron chi connectivity index (χ0n) is 15.0. The Morgan fingerprint density at radius 3 is 2.62 bits per heavy atom. The van der Waals surface area contributed by atoms with Crippen molar-refractivity contribution >= 4 is 5.78 Å². The second-order valence-electron chi connectivity index (χ2n) is 6.86. The number of ether oxygens (including phenoxy) is 1. The molecule has 2 aliphatic carbocycles. The summed E-state index contributed by atoms with van der Waals surface area (Å²) in [5, 5.41) is 0. The molecular formula is C24H22O2. The molecule has 4 rings (SSSR count). The zero-order valence-corrected chi connectivity index (χ0v) is 15.0. The van der Waals surface area contributed by atoms with Gasteiger partial charge in [0.1, 0.15) is 5.75 Å². The molecular weight excluding hydrogens is 320 g/mol. The Balaban J connectivity index is 1.43. The van der Waals surface area contributed by atoms with Gasteiger partial charge in [-0.3, -0.25) is 4.79 Å². The average Bonchev–Trinajstić information content (AvgIpc) is 2.68. The number of hydrogen-bond acceptors (Lipinski definition) is 2. The lowest BCUT2D eigenvalue weighted by atomic mass is 9.79. The number of methoxy groups -OCH3 is 1. The molecule has 0 aromatic heterocycles. The summed E-state index contributed by atoms with van der Waals surface area (Å²) in [6.45, 7) is 0. The second kappa shape index (κ2) is 7.17. The summed E-state index contributed by atoms with van der Waals surface area (Å²) < 4.78 is 5.20. The summed E-state index contributed by atoms with van der Waals surface area (Å²) in [4.78, 5) is 12.7. The molecule has 0 atom stereocenters. The number of Topliss-reactive ketones (excluding diaryl/α,β-unsaturated/α-hetero) is 1. The summed E-state index contributed by atoms with van der Waals surface area (Å²) >= 11 is 0. The SMILES string of the molecule is COc1ccc(CCC=C2C=CC3=C(C2)Cc2ccccc2C3=O)cc1. The Morgan fingerprint density at radius 1 is 1.00 bits per heavy atom. The molecule has 0 unspecified atom stereocenters. The van der Waals surface area contributed by atoms with E-state index in [1.54, 1.807) is 7.11 Å². The van der Waals surface area contributed by atoms with Gasteiger partial charge in [-0.15, -0.1) is 0 Å². The van der Waals surface area contributed by atoms with Crippen molar-refractivity contribution in [3.63, 3.8) is 0 Å². The van der Waals surface area contributed by atoms with Crippen LogP contribution in [0.15, 0.2) is 83.5 Å². The van der Waals surface area contributed by atoms with Crippen molar-refractivity contribution in [1.82, 2.24) is 0 Å². The number of hydrogen-bond donors (Lipinski definition) is 0. The van der Waals surface area contributed by atoms with Gasteiger partial charge in [0.2, 0.25) is 0 Å². The van der Waals surface area contributed by atoms with Gasteiger partial charge in [0.05, 0.1) is 7.11 Å². The molecule has 26 heavy (non-hydrogen) atoms. The van der Waals surface area contributed by atoms with Crippen LogP contribution in [0.5, 0.6) is 5.75 Å². The topological polar surface area (TPSA) is 26.3 Å². The molecule has 0 fully saturated rings. The van der Waals surface area contributed by atoms with Crippen molar-refractivity contribution in [3.8, 4) is 5.75 Å². The van der Waals surface area contributed by atoms with E-state index in [-0.39, 0.29) is 5.78 Å². The maximum absolute atomic E-state index is 12.7. The predicted molar refractivity (Wildman–Crippen MR) is 105 cm³/mol. The smallest absolute Gasteiger partial charge is 0.193 e. The van der Waals surface area contributed by atoms with Crippen molar-refractivity contribution in [2.45, 2.75) is 25.7 Å². The van der Waals surface area contributed by atoms with E-state index in [1.165, 1.54) is 16.7 Å². The molecule has 0 spiro atoms. The molecule has 0 aliphatic heterocycles. The average molecular weight is 342 g/mol. The Kier molecular flexibility index (Phi) is 4.57. The molecule has 0 heterocycles. The highest BCUT2D eigenvalue weighted by Gasteiger charge is 2.25. The Labute approximate surface area is 154 Å². The molecule has 2 heteroatoms. The van der Waals surface area contributed by atoms with Gasteiger partial charge in [-0.1, -0.05) is 60.2 Å². The van der Waals surface area contributed by atoms with Crippen LogP contribution in [0.25, 0.3) is 0 Å². The molecule has 130 valence electrons. The van der Waals surface area contributed by atoms with Crippen molar-refractivity contribution in [3.05, 3.63) is 100 Å². The van der Waals surface area contributed by atoms with E-state index in [0.29, 0.717) is 0 Å². The highest BCUT2D eigenvalue weighted by Crippen LogP contribution is 2.34. The van der Waals surface area contributed by atoms with Crippen LogP contribution < -0.4 is 4.74 Å². The van der Waals surface area contributed by atoms with Gasteiger partial charge in [0.15, 0.2) is 5.78 Å². The minimum atomic E-state index is 0.176. The molecule has 0 amide bonds. The van der Waals surface area contributed by atoms with Crippen molar-refractivity contribution in [2.24, 2.45) is 0 Å². The van der Waals surface area contributed by atoms with E-state index in [2.05, 4.69) is 30.4 Å². The molecule has 2 nitrogen and oxygen atoms in total. The van der Waals surface area contributed by atoms with E-state index >= 15 is 0 Å². The molecule has 0 radical (unpaired) electrons. The minimum absolute atomic E-state index is 0.176. The number of carbonyl (C=O) groups excluding carboxylic acids is 1. The van der Waals surface area contributed by atoms with Crippen molar-refractivity contribution in [2.75, 3.05) is 7.11 Å². The maximum Gasteiger partial charge on any atom is 0.193 e. The molecule has 0 N–H and O–H groups in total. The van der Waals surface area contributed by atoms with E-state index in [4.69, 9.17) is 4.74 Å². The number of rotatable bonds is 4. The number of fused-ring (bicyclic) bond motifs is 1. The van der Waals surface area contributed by atoms with Crippen LogP contribution >= 0.6 is 0 Å². The van der Waals surface area contributed by atoms with Gasteiger partial charge in [0.25, 0.3) is 0 Å². The van der Waals surface area contributed by atoms with Crippen LogP contribution in [0, 0.1) is 0 Å². The van der Waals surface area contributed by atoms with Gasteiger partial charge < -0.3 is 4.74 Å². The first kappa shape index (κ1) is 16.6. The molecule has 0 saturated heterocycles. The first-order valence-electron chi connectivity index (χ1n) is 9.09. The molecule has 2 aromatic carbocycles. The normalized spacial score (nSPS) is 17.3. The second-order valence-corrected chi connectivity index (χ2v) is 6.86. The van der Waals surface area contributed by atoms with Crippen LogP contribution in [0.2, 0.25) is 0 Å². The highest BCUT2D eigenvalue weighted by atomic mass is 16.5. The van der Waals surface area contributed by atoms with Gasteiger partial charge >= 0.3 is 0 Å². The van der Waals surface area contributed by atoms with E-state index < -0.39 is 0 Å². The zero-order chi connectivity index (χ0) is 17.9. The highest BCUT2D eigenvalue weighted by molar-refractivity contribution is 6.13. The third kappa shape index (κ3) is 3.28. The minimum Gasteiger partial charge on any atom is -0.497 e. The van der Waals surface area contributed by atoms with Crippen molar-refractivity contribution < 1.29 is 9.53 Å². The molecule has 0 saturated carbocycles. The first-order valence-corrected chi connectivity index (χ1v) is 9.09. The lowest BCUT2D eigenvalue weighted by Crippen LogP contribution is -2.17. The summed E-state index contributed by atoms with van der Waals surface area (Å²) in [5.74, 6) is 1.07. The van der Waals surface area contributed by atoms with Crippen LogP contribution in [0.4, 0.5) is 0 Å². The molecule has 0 bridgehead atoms. The van der Waals surface area contributed by atoms with E-state index in [9.17, 15) is 4.79 Å². The largest absolute Gasteiger partial charge is 0.497 e. The summed E-state index contributed by atoms with van der Waals surface area (Å²) in [7, 11) is 1.69. The number of aryl methyl sites for hydroxylation is 1. The fourth-order valence-electron chi connectivity index (χ4n) is 3.73. The maximum atomic E-state index is 12.7. The van der Waals surface area contributed by atoms with E-state index in [1.807, 2.05) is 36.4 Å². The van der Waals surface area contributed by atoms with Crippen LogP contribution in [-0.4, -0.2) is 12.9 Å².